The summed E-state index contributed by atoms with van der Waals surface area (Å²) in [5, 5.41) is 4.81. The molecule has 0 spiro atoms. The zero-order valence-corrected chi connectivity index (χ0v) is 18.9. The van der Waals surface area contributed by atoms with Gasteiger partial charge in [-0.15, -0.1) is 0 Å². The maximum atomic E-state index is 15.1. The summed E-state index contributed by atoms with van der Waals surface area (Å²) >= 11 is 12.4. The van der Waals surface area contributed by atoms with Gasteiger partial charge in [-0.3, -0.25) is 0 Å². The molecule has 2 aromatic carbocycles. The number of hydrogen-bond donors (Lipinski definition) is 1. The fourth-order valence-corrected chi connectivity index (χ4v) is 5.66. The van der Waals surface area contributed by atoms with E-state index < -0.39 is 0 Å². The van der Waals surface area contributed by atoms with E-state index in [4.69, 9.17) is 23.2 Å². The minimum Gasteiger partial charge on any atom is -0.306 e. The minimum absolute atomic E-state index is 0.0728. The lowest BCUT2D eigenvalue weighted by molar-refractivity contribution is 0.336. The van der Waals surface area contributed by atoms with Crippen molar-refractivity contribution in [3.63, 3.8) is 0 Å². The summed E-state index contributed by atoms with van der Waals surface area (Å²) in [5.41, 5.74) is 3.16. The molecule has 4 rings (SSSR count). The Balaban J connectivity index is 1.79. The van der Waals surface area contributed by atoms with Gasteiger partial charge in [0.2, 0.25) is 0 Å². The first kappa shape index (κ1) is 21.2. The van der Waals surface area contributed by atoms with Crippen molar-refractivity contribution in [3.05, 3.63) is 69.0 Å². The number of nitrogens with one attached hydrogen (secondary N) is 1. The Hall–Kier alpha value is -1.09. The van der Waals surface area contributed by atoms with E-state index in [-0.39, 0.29) is 22.8 Å². The molecule has 1 aliphatic carbocycles. The van der Waals surface area contributed by atoms with Crippen LogP contribution in [-0.4, -0.2) is 6.04 Å². The zero-order valence-electron chi connectivity index (χ0n) is 17.4. The number of aryl methyl sites for hydroxylation is 1. The van der Waals surface area contributed by atoms with Crippen molar-refractivity contribution in [2.45, 2.75) is 64.5 Å². The largest absolute Gasteiger partial charge is 0.306 e. The Morgan fingerprint density at radius 3 is 2.52 bits per heavy atom. The predicted octanol–water partition coefficient (Wildman–Crippen LogP) is 7.70. The average Bonchev–Trinajstić information content (AvgIpc) is 3.43. The molecule has 0 amide bonds. The van der Waals surface area contributed by atoms with Crippen LogP contribution in [0.15, 0.2) is 36.4 Å². The van der Waals surface area contributed by atoms with E-state index in [1.807, 2.05) is 24.3 Å². The molecule has 29 heavy (non-hydrogen) atoms. The topological polar surface area (TPSA) is 12.0 Å². The van der Waals surface area contributed by atoms with E-state index in [9.17, 15) is 0 Å². The normalized spacial score (nSPS) is 27.0. The van der Waals surface area contributed by atoms with Gasteiger partial charge in [0.15, 0.2) is 0 Å². The van der Waals surface area contributed by atoms with E-state index in [0.29, 0.717) is 29.4 Å². The van der Waals surface area contributed by atoms with Gasteiger partial charge in [0.1, 0.15) is 5.82 Å². The van der Waals surface area contributed by atoms with E-state index in [0.717, 1.165) is 11.4 Å². The van der Waals surface area contributed by atoms with Gasteiger partial charge < -0.3 is 5.32 Å². The van der Waals surface area contributed by atoms with Crippen LogP contribution in [-0.2, 0) is 0 Å². The van der Waals surface area contributed by atoms with Gasteiger partial charge in [-0.25, -0.2) is 4.39 Å². The molecule has 1 saturated heterocycles. The Bertz CT molecular complexity index is 877. The van der Waals surface area contributed by atoms with Crippen LogP contribution in [0.25, 0.3) is 0 Å². The smallest absolute Gasteiger partial charge is 0.146 e. The first-order valence-electron chi connectivity index (χ1n) is 10.8. The lowest BCUT2D eigenvalue weighted by Crippen LogP contribution is -2.29. The van der Waals surface area contributed by atoms with Crippen LogP contribution in [0.1, 0.15) is 68.2 Å². The Morgan fingerprint density at radius 2 is 1.86 bits per heavy atom. The quantitative estimate of drug-likeness (QED) is 0.491. The lowest BCUT2D eigenvalue weighted by atomic mass is 9.75. The number of rotatable bonds is 6. The SMILES string of the molecule is Cc1cc(Cl)ccc1C1C(c2cccc(Cl)c2F)NC(CCC(C)C)C1C1CC1. The van der Waals surface area contributed by atoms with E-state index >= 15 is 4.39 Å². The summed E-state index contributed by atoms with van der Waals surface area (Å²) in [7, 11) is 0. The van der Waals surface area contributed by atoms with Crippen LogP contribution in [0.5, 0.6) is 0 Å². The van der Waals surface area contributed by atoms with Gasteiger partial charge in [-0.05, 0) is 79.7 Å². The van der Waals surface area contributed by atoms with Crippen LogP contribution in [0.4, 0.5) is 4.39 Å². The summed E-state index contributed by atoms with van der Waals surface area (Å²) in [6, 6.07) is 11.9. The van der Waals surface area contributed by atoms with Crippen LogP contribution in [0, 0.1) is 30.5 Å². The van der Waals surface area contributed by atoms with Crippen LogP contribution in [0.3, 0.4) is 0 Å². The van der Waals surface area contributed by atoms with Gasteiger partial charge in [-0.2, -0.15) is 0 Å². The molecule has 1 aliphatic heterocycles. The average molecular weight is 434 g/mol. The maximum absolute atomic E-state index is 15.1. The molecule has 4 atom stereocenters. The van der Waals surface area contributed by atoms with E-state index in [1.54, 1.807) is 6.07 Å². The third-order valence-electron chi connectivity index (χ3n) is 6.76. The second-order valence-electron chi connectivity index (χ2n) is 9.31. The summed E-state index contributed by atoms with van der Waals surface area (Å²) in [5.74, 6) is 1.82. The van der Waals surface area contributed by atoms with Crippen LogP contribution >= 0.6 is 23.2 Å². The van der Waals surface area contributed by atoms with Gasteiger partial charge in [0.05, 0.1) is 5.02 Å². The molecule has 1 saturated carbocycles. The molecule has 1 heterocycles. The highest BCUT2D eigenvalue weighted by atomic mass is 35.5. The highest BCUT2D eigenvalue weighted by molar-refractivity contribution is 6.31. The van der Waals surface area contributed by atoms with Crippen LogP contribution in [0.2, 0.25) is 10.0 Å². The van der Waals surface area contributed by atoms with Crippen molar-refractivity contribution >= 4 is 23.2 Å². The third-order valence-corrected chi connectivity index (χ3v) is 7.29. The Labute approximate surface area is 184 Å². The first-order chi connectivity index (χ1) is 13.9. The van der Waals surface area contributed by atoms with Crippen LogP contribution < -0.4 is 5.32 Å². The van der Waals surface area contributed by atoms with E-state index in [1.165, 1.54) is 30.4 Å². The first-order valence-corrected chi connectivity index (χ1v) is 11.6. The van der Waals surface area contributed by atoms with Gasteiger partial charge in [-0.1, -0.05) is 55.2 Å². The molecule has 1 N–H and O–H groups in total. The van der Waals surface area contributed by atoms with Crippen molar-refractivity contribution in [1.29, 1.82) is 0 Å². The van der Waals surface area contributed by atoms with Crippen molar-refractivity contribution in [1.82, 2.24) is 5.32 Å². The monoisotopic (exact) mass is 433 g/mol. The molecule has 2 aromatic rings. The van der Waals surface area contributed by atoms with E-state index in [2.05, 4.69) is 32.2 Å². The van der Waals surface area contributed by atoms with Crippen molar-refractivity contribution in [2.75, 3.05) is 0 Å². The van der Waals surface area contributed by atoms with Gasteiger partial charge >= 0.3 is 0 Å². The van der Waals surface area contributed by atoms with Crippen molar-refractivity contribution in [3.8, 4) is 0 Å². The molecule has 4 unspecified atom stereocenters. The number of benzene rings is 2. The minimum atomic E-state index is -0.290. The summed E-state index contributed by atoms with van der Waals surface area (Å²) in [4.78, 5) is 0. The highest BCUT2D eigenvalue weighted by Gasteiger charge is 2.51. The molecular weight excluding hydrogens is 404 g/mol. The molecule has 4 heteroatoms. The van der Waals surface area contributed by atoms with Crippen molar-refractivity contribution in [2.24, 2.45) is 17.8 Å². The molecule has 2 fully saturated rings. The lowest BCUT2D eigenvalue weighted by Gasteiger charge is -2.28. The predicted molar refractivity (Wildman–Crippen MR) is 120 cm³/mol. The highest BCUT2D eigenvalue weighted by Crippen LogP contribution is 2.55. The molecule has 2 aliphatic rings. The Kier molecular flexibility index (Phi) is 6.25. The van der Waals surface area contributed by atoms with Gasteiger partial charge in [0.25, 0.3) is 0 Å². The second kappa shape index (κ2) is 8.57. The molecule has 0 radical (unpaired) electrons. The Morgan fingerprint density at radius 1 is 1.10 bits per heavy atom. The third kappa shape index (κ3) is 4.36. The summed E-state index contributed by atoms with van der Waals surface area (Å²) < 4.78 is 15.1. The fraction of sp³-hybridized carbons (Fsp3) is 0.520. The number of hydrogen-bond acceptors (Lipinski definition) is 1. The molecule has 0 bridgehead atoms. The van der Waals surface area contributed by atoms with Gasteiger partial charge in [0, 0.05) is 28.6 Å². The molecule has 156 valence electrons. The zero-order chi connectivity index (χ0) is 20.7. The molecule has 0 aromatic heterocycles. The second-order valence-corrected chi connectivity index (χ2v) is 10.2. The molecular formula is C25H30Cl2FN. The van der Waals surface area contributed by atoms with Crippen molar-refractivity contribution < 1.29 is 4.39 Å². The fourth-order valence-electron chi connectivity index (χ4n) is 5.25. The summed E-state index contributed by atoms with van der Waals surface area (Å²) in [6.45, 7) is 6.67. The maximum Gasteiger partial charge on any atom is 0.146 e. The molecule has 1 nitrogen and oxygen atoms in total. The summed E-state index contributed by atoms with van der Waals surface area (Å²) in [6.07, 6.45) is 4.86. The number of halogens is 3. The standard InChI is InChI=1S/C25H30Cl2FN/c1-14(2)7-12-21-22(16-8-9-16)23(18-11-10-17(26)13-15(18)3)25(29-21)19-5-4-6-20(27)24(19)28/h4-6,10-11,13-14,16,21-23,25,29H,7-9,12H2,1-3H3.